The van der Waals surface area contributed by atoms with Crippen LogP contribution in [-0.4, -0.2) is 34.5 Å². The van der Waals surface area contributed by atoms with E-state index in [1.807, 2.05) is 30.3 Å². The minimum absolute atomic E-state index is 0.114. The van der Waals surface area contributed by atoms with Crippen LogP contribution in [0, 0.1) is 0 Å². The highest BCUT2D eigenvalue weighted by Gasteiger charge is 2.20. The molecule has 0 saturated carbocycles. The van der Waals surface area contributed by atoms with E-state index < -0.39 is 15.7 Å². The van der Waals surface area contributed by atoms with E-state index >= 15 is 0 Å². The topological polar surface area (TPSA) is 118 Å². The number of benzene rings is 3. The van der Waals surface area contributed by atoms with E-state index in [2.05, 4.69) is 25.5 Å². The summed E-state index contributed by atoms with van der Waals surface area (Å²) in [6.45, 7) is 0. The predicted molar refractivity (Wildman–Crippen MR) is 139 cm³/mol. The number of anilines is 1. The number of pyridine rings is 1. The van der Waals surface area contributed by atoms with Gasteiger partial charge < -0.3 is 5.32 Å². The second-order valence-corrected chi connectivity index (χ2v) is 10.6. The molecule has 0 bridgehead atoms. The fraction of sp³-hybridized carbons (Fsp3) is 0.0400. The van der Waals surface area contributed by atoms with Crippen molar-refractivity contribution in [3.63, 3.8) is 0 Å². The van der Waals surface area contributed by atoms with Crippen LogP contribution >= 0.6 is 23.2 Å². The Hall–Kier alpha value is -3.79. The van der Waals surface area contributed by atoms with Crippen LogP contribution in [0.1, 0.15) is 15.9 Å². The Balaban J connectivity index is 1.39. The van der Waals surface area contributed by atoms with Crippen LogP contribution in [0.3, 0.4) is 0 Å². The molecule has 5 rings (SSSR count). The maximum absolute atomic E-state index is 13.0. The third kappa shape index (κ3) is 4.81. The summed E-state index contributed by atoms with van der Waals surface area (Å²) >= 11 is 12.8. The van der Waals surface area contributed by atoms with E-state index in [9.17, 15) is 13.2 Å². The average molecular weight is 538 g/mol. The molecule has 2 N–H and O–H groups in total. The van der Waals surface area contributed by atoms with E-state index in [1.165, 1.54) is 18.2 Å². The van der Waals surface area contributed by atoms with Gasteiger partial charge in [0.05, 0.1) is 27.1 Å². The number of hydrogen-bond donors (Lipinski definition) is 2. The smallest absolute Gasteiger partial charge is 0.257 e. The van der Waals surface area contributed by atoms with Gasteiger partial charge in [-0.05, 0) is 47.3 Å². The van der Waals surface area contributed by atoms with Gasteiger partial charge in [-0.15, -0.1) is 0 Å². The number of nitrogens with zero attached hydrogens (tertiary/aromatic N) is 3. The molecule has 1 amide bonds. The largest absolute Gasteiger partial charge is 0.322 e. The molecule has 0 atom stereocenters. The highest BCUT2D eigenvalue weighted by Crippen LogP contribution is 2.34. The van der Waals surface area contributed by atoms with Crippen molar-refractivity contribution in [1.29, 1.82) is 0 Å². The van der Waals surface area contributed by atoms with Crippen molar-refractivity contribution in [3.05, 3.63) is 100 Å². The van der Waals surface area contributed by atoms with Crippen molar-refractivity contribution < 1.29 is 13.2 Å². The molecule has 0 aliphatic rings. The lowest BCUT2D eigenvalue weighted by molar-refractivity contribution is 0.102. The maximum Gasteiger partial charge on any atom is 0.257 e. The summed E-state index contributed by atoms with van der Waals surface area (Å²) in [5.41, 5.74) is 2.47. The molecule has 5 aromatic rings. The van der Waals surface area contributed by atoms with Gasteiger partial charge in [0, 0.05) is 22.8 Å². The van der Waals surface area contributed by atoms with Crippen LogP contribution in [0.2, 0.25) is 10.0 Å². The second kappa shape index (κ2) is 9.69. The molecular weight excluding hydrogens is 521 g/mol. The zero-order valence-corrected chi connectivity index (χ0v) is 20.8. The van der Waals surface area contributed by atoms with Crippen LogP contribution in [0.15, 0.2) is 84.4 Å². The lowest BCUT2D eigenvalue weighted by Gasteiger charge is -2.12. The second-order valence-electron chi connectivity index (χ2n) is 7.89. The summed E-state index contributed by atoms with van der Waals surface area (Å²) in [6.07, 6.45) is 2.83. The van der Waals surface area contributed by atoms with Crippen molar-refractivity contribution >= 4 is 55.4 Å². The Kier molecular flexibility index (Phi) is 6.44. The Morgan fingerprint density at radius 1 is 0.944 bits per heavy atom. The lowest BCUT2D eigenvalue weighted by Crippen LogP contribution is -2.13. The van der Waals surface area contributed by atoms with Crippen LogP contribution < -0.4 is 5.32 Å². The van der Waals surface area contributed by atoms with Crippen molar-refractivity contribution in [2.75, 3.05) is 5.32 Å². The molecular formula is C25H17Cl2N5O3S. The number of nitrogens with one attached hydrogen (secondary N) is 2. The molecule has 0 radical (unpaired) electrons. The quantitative estimate of drug-likeness (QED) is 0.293. The van der Waals surface area contributed by atoms with E-state index in [0.717, 1.165) is 17.1 Å². The minimum atomic E-state index is -3.73. The number of carbonyl (C=O) groups is 1. The first-order valence-corrected chi connectivity index (χ1v) is 13.0. The lowest BCUT2D eigenvalue weighted by atomic mass is 10.0. The van der Waals surface area contributed by atoms with Gasteiger partial charge in [-0.2, -0.15) is 5.10 Å². The number of hydrogen-bond acceptors (Lipinski definition) is 6. The molecule has 36 heavy (non-hydrogen) atoms. The summed E-state index contributed by atoms with van der Waals surface area (Å²) in [5, 5.41) is 11.0. The maximum atomic E-state index is 13.0. The molecule has 11 heteroatoms. The van der Waals surface area contributed by atoms with Crippen LogP contribution in [0.25, 0.3) is 22.0 Å². The third-order valence-corrected chi connectivity index (χ3v) is 7.62. The first kappa shape index (κ1) is 23.9. The molecule has 0 aliphatic carbocycles. The zero-order chi connectivity index (χ0) is 25.3. The van der Waals surface area contributed by atoms with Crippen LogP contribution in [0.5, 0.6) is 0 Å². The number of carbonyl (C=O) groups excluding carboxylic acids is 1. The summed E-state index contributed by atoms with van der Waals surface area (Å²) < 4.78 is 24.8. The van der Waals surface area contributed by atoms with E-state index in [4.69, 9.17) is 23.2 Å². The number of aromatic nitrogens is 4. The molecule has 8 nitrogen and oxygen atoms in total. The number of H-pyrrole nitrogens is 1. The normalized spacial score (nSPS) is 11.5. The van der Waals surface area contributed by atoms with Gasteiger partial charge in [-0.25, -0.2) is 13.4 Å². The van der Waals surface area contributed by atoms with E-state index in [0.29, 0.717) is 27.5 Å². The molecule has 3 aromatic carbocycles. The molecule has 0 aliphatic heterocycles. The fourth-order valence-electron chi connectivity index (χ4n) is 3.78. The van der Waals surface area contributed by atoms with Gasteiger partial charge >= 0.3 is 0 Å². The summed E-state index contributed by atoms with van der Waals surface area (Å²) in [6, 6.07) is 19.3. The van der Waals surface area contributed by atoms with Crippen LogP contribution in [-0.2, 0) is 15.6 Å². The average Bonchev–Trinajstić information content (AvgIpc) is 3.41. The Bertz CT molecular complexity index is 1700. The zero-order valence-electron chi connectivity index (χ0n) is 18.4. The number of rotatable bonds is 6. The van der Waals surface area contributed by atoms with Crippen LogP contribution in [0.4, 0.5) is 5.69 Å². The number of amides is 1. The highest BCUT2D eigenvalue weighted by molar-refractivity contribution is 7.90. The van der Waals surface area contributed by atoms with Gasteiger partial charge in [0.25, 0.3) is 5.91 Å². The third-order valence-electron chi connectivity index (χ3n) is 5.48. The first-order valence-electron chi connectivity index (χ1n) is 10.6. The molecule has 0 unspecified atom stereocenters. The molecule has 0 saturated heterocycles. The van der Waals surface area contributed by atoms with Gasteiger partial charge in [-0.3, -0.25) is 14.9 Å². The van der Waals surface area contributed by atoms with Gasteiger partial charge in [0.15, 0.2) is 0 Å². The number of sulfone groups is 1. The standard InChI is InChI=1S/C25H17Cl2N5O3S/c26-21-8-6-17(12-20(21)23-18-4-2-1-3-16(18)9-10-28-23)31-24(33)19-7-5-15(11-22(19)27)13-36(34,35)25-29-14-30-32-25/h1-12,14H,13H2,(H,31,33)(H,29,30,32). The Morgan fingerprint density at radius 3 is 2.56 bits per heavy atom. The highest BCUT2D eigenvalue weighted by atomic mass is 35.5. The van der Waals surface area contributed by atoms with E-state index in [-0.39, 0.29) is 21.5 Å². The monoisotopic (exact) mass is 537 g/mol. The fourth-order valence-corrected chi connectivity index (χ4v) is 5.43. The van der Waals surface area contributed by atoms with Crippen molar-refractivity contribution in [2.24, 2.45) is 0 Å². The molecule has 2 aromatic heterocycles. The minimum Gasteiger partial charge on any atom is -0.322 e. The number of halogens is 2. The predicted octanol–water partition coefficient (Wildman–Crippen LogP) is 5.55. The molecule has 0 spiro atoms. The van der Waals surface area contributed by atoms with Gasteiger partial charge in [0.2, 0.25) is 15.0 Å². The van der Waals surface area contributed by atoms with Gasteiger partial charge in [0.1, 0.15) is 6.33 Å². The summed E-state index contributed by atoms with van der Waals surface area (Å²) in [7, 11) is -3.73. The van der Waals surface area contributed by atoms with Gasteiger partial charge in [-0.1, -0.05) is 53.5 Å². The van der Waals surface area contributed by atoms with E-state index in [1.54, 1.807) is 24.4 Å². The number of aromatic amines is 1. The van der Waals surface area contributed by atoms with Crippen molar-refractivity contribution in [3.8, 4) is 11.3 Å². The molecule has 180 valence electrons. The Labute approximate surface area is 216 Å². The molecule has 2 heterocycles. The SMILES string of the molecule is O=C(Nc1ccc(Cl)c(-c2nccc3ccccc23)c1)c1ccc(CS(=O)(=O)c2ncn[nH]2)cc1Cl. The first-order chi connectivity index (χ1) is 17.3. The summed E-state index contributed by atoms with van der Waals surface area (Å²) in [4.78, 5) is 21.2. The Morgan fingerprint density at radius 2 is 1.78 bits per heavy atom. The number of fused-ring (bicyclic) bond motifs is 1. The van der Waals surface area contributed by atoms with Crippen molar-refractivity contribution in [2.45, 2.75) is 10.9 Å². The van der Waals surface area contributed by atoms with Crippen molar-refractivity contribution in [1.82, 2.24) is 20.2 Å². The summed E-state index contributed by atoms with van der Waals surface area (Å²) in [5.74, 6) is -0.800. The molecule has 0 fully saturated rings.